The molecule has 5 nitrogen and oxygen atoms in total. The smallest absolute Gasteiger partial charge is 0.145 e. The van der Waals surface area contributed by atoms with Gasteiger partial charge in [-0.2, -0.15) is 0 Å². The van der Waals surface area contributed by atoms with Gasteiger partial charge in [0, 0.05) is 19.3 Å². The first-order valence-corrected chi connectivity index (χ1v) is 6.78. The minimum absolute atomic E-state index is 0.755. The number of hydrogen-bond donors (Lipinski definition) is 1. The SMILES string of the molecule is c1coc(-c2cnc(CNN3CCOCC3)s2)c1. The molecule has 6 heteroatoms. The standard InChI is InChI=1S/C12H15N3O2S/c1-2-10(17-5-1)11-8-13-12(18-11)9-14-15-3-6-16-7-4-15/h1-2,5,8,14H,3-4,6-7,9H2. The lowest BCUT2D eigenvalue weighted by Gasteiger charge is -2.26. The molecule has 2 aromatic rings. The van der Waals surface area contributed by atoms with Gasteiger partial charge in [-0.15, -0.1) is 11.3 Å². The van der Waals surface area contributed by atoms with Gasteiger partial charge in [-0.25, -0.2) is 15.4 Å². The van der Waals surface area contributed by atoms with Crippen molar-refractivity contribution < 1.29 is 9.15 Å². The summed E-state index contributed by atoms with van der Waals surface area (Å²) >= 11 is 1.65. The van der Waals surface area contributed by atoms with Gasteiger partial charge in [0.25, 0.3) is 0 Å². The summed E-state index contributed by atoms with van der Waals surface area (Å²) in [6.45, 7) is 4.20. The van der Waals surface area contributed by atoms with Crippen LogP contribution in [-0.4, -0.2) is 36.3 Å². The second-order valence-electron chi connectivity index (χ2n) is 4.03. The van der Waals surface area contributed by atoms with Gasteiger partial charge in [-0.3, -0.25) is 0 Å². The van der Waals surface area contributed by atoms with Gasteiger partial charge in [-0.05, 0) is 12.1 Å². The number of morpholine rings is 1. The molecular formula is C12H15N3O2S. The third-order valence-corrected chi connectivity index (χ3v) is 3.79. The molecule has 1 N–H and O–H groups in total. The molecule has 0 radical (unpaired) electrons. The second kappa shape index (κ2) is 5.62. The highest BCUT2D eigenvalue weighted by Crippen LogP contribution is 2.26. The van der Waals surface area contributed by atoms with Crippen molar-refractivity contribution in [3.63, 3.8) is 0 Å². The molecule has 1 fully saturated rings. The van der Waals surface area contributed by atoms with Crippen LogP contribution in [0.2, 0.25) is 0 Å². The summed E-state index contributed by atoms with van der Waals surface area (Å²) in [5.41, 5.74) is 3.37. The maximum absolute atomic E-state index is 5.35. The maximum Gasteiger partial charge on any atom is 0.145 e. The Morgan fingerprint density at radius 1 is 1.39 bits per heavy atom. The third kappa shape index (κ3) is 2.78. The van der Waals surface area contributed by atoms with Crippen LogP contribution in [0.4, 0.5) is 0 Å². The number of rotatable bonds is 4. The van der Waals surface area contributed by atoms with Crippen molar-refractivity contribution >= 4 is 11.3 Å². The Labute approximate surface area is 109 Å². The zero-order chi connectivity index (χ0) is 12.2. The number of hydrazine groups is 1. The molecule has 0 spiro atoms. The van der Waals surface area contributed by atoms with Crippen molar-refractivity contribution in [2.45, 2.75) is 6.54 Å². The van der Waals surface area contributed by atoms with E-state index in [1.165, 1.54) is 0 Å². The van der Waals surface area contributed by atoms with Crippen LogP contribution < -0.4 is 5.43 Å². The Hall–Kier alpha value is -1.21. The average Bonchev–Trinajstić information content (AvgIpc) is 3.08. The van der Waals surface area contributed by atoms with Gasteiger partial charge in [0.15, 0.2) is 0 Å². The van der Waals surface area contributed by atoms with Crippen molar-refractivity contribution in [2.75, 3.05) is 26.3 Å². The molecule has 3 heterocycles. The van der Waals surface area contributed by atoms with Crippen LogP contribution in [0.25, 0.3) is 10.6 Å². The molecule has 96 valence electrons. The fourth-order valence-electron chi connectivity index (χ4n) is 1.83. The van der Waals surface area contributed by atoms with Crippen molar-refractivity contribution in [1.82, 2.24) is 15.4 Å². The van der Waals surface area contributed by atoms with Crippen LogP contribution in [-0.2, 0) is 11.3 Å². The molecule has 0 aliphatic carbocycles. The lowest BCUT2D eigenvalue weighted by Crippen LogP contribution is -2.45. The third-order valence-electron chi connectivity index (χ3n) is 2.78. The zero-order valence-electron chi connectivity index (χ0n) is 9.96. The number of aromatic nitrogens is 1. The first-order chi connectivity index (χ1) is 8.92. The van der Waals surface area contributed by atoms with E-state index < -0.39 is 0 Å². The Bertz CT molecular complexity index is 477. The summed E-state index contributed by atoms with van der Waals surface area (Å²) in [6, 6.07) is 3.84. The van der Waals surface area contributed by atoms with Crippen LogP contribution in [0.1, 0.15) is 5.01 Å². The molecule has 0 aromatic carbocycles. The van der Waals surface area contributed by atoms with Crippen LogP contribution >= 0.6 is 11.3 Å². The largest absolute Gasteiger partial charge is 0.463 e. The molecule has 1 aliphatic heterocycles. The number of nitrogens with zero attached hydrogens (tertiary/aromatic N) is 2. The lowest BCUT2D eigenvalue weighted by molar-refractivity contribution is 0.0105. The Morgan fingerprint density at radius 2 is 2.28 bits per heavy atom. The van der Waals surface area contributed by atoms with Crippen molar-refractivity contribution in [2.24, 2.45) is 0 Å². The molecule has 1 aliphatic rings. The van der Waals surface area contributed by atoms with Gasteiger partial charge in [0.1, 0.15) is 10.8 Å². The average molecular weight is 265 g/mol. The fraction of sp³-hybridized carbons (Fsp3) is 0.417. The molecule has 18 heavy (non-hydrogen) atoms. The van der Waals surface area contributed by atoms with Crippen molar-refractivity contribution in [1.29, 1.82) is 0 Å². The summed E-state index contributed by atoms with van der Waals surface area (Å²) in [6.07, 6.45) is 3.54. The van der Waals surface area contributed by atoms with Gasteiger partial charge in [0.2, 0.25) is 0 Å². The number of furan rings is 1. The highest BCUT2D eigenvalue weighted by Gasteiger charge is 2.11. The molecule has 1 saturated heterocycles. The molecule has 2 aromatic heterocycles. The predicted molar refractivity (Wildman–Crippen MR) is 69.0 cm³/mol. The number of ether oxygens (including phenoxy) is 1. The van der Waals surface area contributed by atoms with E-state index in [0.29, 0.717) is 0 Å². The first-order valence-electron chi connectivity index (χ1n) is 5.96. The molecule has 0 unspecified atom stereocenters. The van der Waals surface area contributed by atoms with Gasteiger partial charge in [-0.1, -0.05) is 0 Å². The lowest BCUT2D eigenvalue weighted by atomic mass is 10.4. The summed E-state index contributed by atoms with van der Waals surface area (Å²) in [7, 11) is 0. The maximum atomic E-state index is 5.35. The van der Waals surface area contributed by atoms with E-state index in [9.17, 15) is 0 Å². The van der Waals surface area contributed by atoms with E-state index in [1.807, 2.05) is 18.3 Å². The minimum Gasteiger partial charge on any atom is -0.463 e. The second-order valence-corrected chi connectivity index (χ2v) is 5.15. The molecule has 0 atom stereocenters. The van der Waals surface area contributed by atoms with E-state index in [1.54, 1.807) is 17.6 Å². The molecular weight excluding hydrogens is 250 g/mol. The molecule has 0 bridgehead atoms. The van der Waals surface area contributed by atoms with Crippen LogP contribution in [0.3, 0.4) is 0 Å². The Kier molecular flexibility index (Phi) is 3.70. The number of thiazole rings is 1. The molecule has 3 rings (SSSR count). The monoisotopic (exact) mass is 265 g/mol. The molecule has 0 amide bonds. The number of hydrogen-bond acceptors (Lipinski definition) is 6. The predicted octanol–water partition coefficient (Wildman–Crippen LogP) is 1.74. The minimum atomic E-state index is 0.755. The Morgan fingerprint density at radius 3 is 3.06 bits per heavy atom. The normalized spacial score (nSPS) is 17.1. The quantitative estimate of drug-likeness (QED) is 0.912. The van der Waals surface area contributed by atoms with Crippen molar-refractivity contribution in [3.8, 4) is 10.6 Å². The topological polar surface area (TPSA) is 50.5 Å². The summed E-state index contributed by atoms with van der Waals surface area (Å²) < 4.78 is 10.6. The van der Waals surface area contributed by atoms with E-state index in [4.69, 9.17) is 9.15 Å². The number of nitrogens with one attached hydrogen (secondary N) is 1. The molecule has 0 saturated carbocycles. The zero-order valence-corrected chi connectivity index (χ0v) is 10.8. The summed E-state index contributed by atoms with van der Waals surface area (Å²) in [5.74, 6) is 0.880. The fourth-order valence-corrected chi connectivity index (χ4v) is 2.64. The van der Waals surface area contributed by atoms with Gasteiger partial charge >= 0.3 is 0 Å². The van der Waals surface area contributed by atoms with E-state index >= 15 is 0 Å². The Balaban J connectivity index is 1.57. The van der Waals surface area contributed by atoms with Crippen LogP contribution in [0, 0.1) is 0 Å². The highest BCUT2D eigenvalue weighted by molar-refractivity contribution is 7.15. The first kappa shape index (κ1) is 11.9. The highest BCUT2D eigenvalue weighted by atomic mass is 32.1. The van der Waals surface area contributed by atoms with E-state index in [-0.39, 0.29) is 0 Å². The van der Waals surface area contributed by atoms with E-state index in [0.717, 1.165) is 48.5 Å². The summed E-state index contributed by atoms with van der Waals surface area (Å²) in [5, 5.41) is 3.24. The van der Waals surface area contributed by atoms with Crippen LogP contribution in [0.15, 0.2) is 29.0 Å². The van der Waals surface area contributed by atoms with Gasteiger partial charge in [0.05, 0.1) is 30.9 Å². The van der Waals surface area contributed by atoms with Gasteiger partial charge < -0.3 is 9.15 Å². The van der Waals surface area contributed by atoms with Crippen LogP contribution in [0.5, 0.6) is 0 Å². The van der Waals surface area contributed by atoms with Crippen molar-refractivity contribution in [3.05, 3.63) is 29.6 Å². The summed E-state index contributed by atoms with van der Waals surface area (Å²) in [4.78, 5) is 5.46. The van der Waals surface area contributed by atoms with E-state index in [2.05, 4.69) is 15.4 Å².